The lowest BCUT2D eigenvalue weighted by molar-refractivity contribution is -0.106. The molecule has 0 amide bonds. The number of carbonyl (C=O) groups excluding carboxylic acids is 1. The van der Waals surface area contributed by atoms with Crippen molar-refractivity contribution in [2.45, 2.75) is 25.8 Å². The number of nitrogens with zero attached hydrogens (tertiary/aromatic N) is 1. The van der Waals surface area contributed by atoms with Crippen molar-refractivity contribution in [3.8, 4) is 11.8 Å². The largest absolute Gasteiger partial charge is 0.294 e. The molecule has 0 saturated carbocycles. The summed E-state index contributed by atoms with van der Waals surface area (Å²) in [4.78, 5) is 12.5. The topological polar surface area (TPSA) is 20.3 Å². The van der Waals surface area contributed by atoms with Crippen molar-refractivity contribution in [3.05, 3.63) is 0 Å². The zero-order valence-electron chi connectivity index (χ0n) is 8.01. The van der Waals surface area contributed by atoms with Gasteiger partial charge in [0, 0.05) is 0 Å². The van der Waals surface area contributed by atoms with Crippen molar-refractivity contribution in [1.82, 2.24) is 4.90 Å². The van der Waals surface area contributed by atoms with Gasteiger partial charge in [-0.1, -0.05) is 25.5 Å². The molecular formula is C9H15NOS. The van der Waals surface area contributed by atoms with Crippen molar-refractivity contribution in [2.75, 3.05) is 14.1 Å². The van der Waals surface area contributed by atoms with Crippen molar-refractivity contribution in [1.29, 1.82) is 0 Å². The van der Waals surface area contributed by atoms with Crippen LogP contribution in [0.2, 0.25) is 0 Å². The molecule has 0 heterocycles. The summed E-state index contributed by atoms with van der Waals surface area (Å²) < 4.78 is 0. The Morgan fingerprint density at radius 1 is 1.58 bits per heavy atom. The van der Waals surface area contributed by atoms with Gasteiger partial charge in [0.1, 0.15) is 0 Å². The van der Waals surface area contributed by atoms with E-state index in [-0.39, 0.29) is 10.7 Å². The van der Waals surface area contributed by atoms with Gasteiger partial charge in [-0.2, -0.15) is 0 Å². The van der Waals surface area contributed by atoms with Crippen LogP contribution in [0.25, 0.3) is 0 Å². The highest BCUT2D eigenvalue weighted by Crippen LogP contribution is 2.13. The average Bonchev–Trinajstić information content (AvgIpc) is 1.99. The fourth-order valence-corrected chi connectivity index (χ4v) is 0.760. The van der Waals surface area contributed by atoms with Gasteiger partial charge in [-0.15, -0.1) is 0 Å². The standard InChI is InChI=1S/C9H15NOS/c1-5-9(2,10(3)4)7-6-8(11)12/h5H2,1-4H3,(H,11,12). The second kappa shape index (κ2) is 4.54. The minimum Gasteiger partial charge on any atom is -0.294 e. The third-order valence-electron chi connectivity index (χ3n) is 2.11. The van der Waals surface area contributed by atoms with Crippen LogP contribution < -0.4 is 0 Å². The normalized spacial score (nSPS) is 14.8. The summed E-state index contributed by atoms with van der Waals surface area (Å²) in [5, 5.41) is -0.378. The van der Waals surface area contributed by atoms with Gasteiger partial charge in [0.2, 0.25) is 0 Å². The van der Waals surface area contributed by atoms with E-state index in [0.29, 0.717) is 0 Å². The zero-order valence-corrected chi connectivity index (χ0v) is 8.90. The van der Waals surface area contributed by atoms with Gasteiger partial charge in [-0.05, 0) is 33.4 Å². The molecule has 0 spiro atoms. The molecule has 3 heteroatoms. The van der Waals surface area contributed by atoms with E-state index in [0.717, 1.165) is 6.42 Å². The van der Waals surface area contributed by atoms with Crippen LogP contribution in [-0.2, 0) is 4.79 Å². The molecule has 0 rings (SSSR count). The lowest BCUT2D eigenvalue weighted by atomic mass is 9.98. The molecule has 0 aromatic heterocycles. The average molecular weight is 185 g/mol. The minimum atomic E-state index is -0.378. The van der Waals surface area contributed by atoms with Crippen LogP contribution in [0.1, 0.15) is 20.3 Å². The molecule has 1 atom stereocenters. The summed E-state index contributed by atoms with van der Waals surface area (Å²) >= 11 is 3.59. The zero-order chi connectivity index (χ0) is 9.78. The highest BCUT2D eigenvalue weighted by Gasteiger charge is 2.21. The summed E-state index contributed by atoms with van der Waals surface area (Å²) in [6.07, 6.45) is 0.883. The first-order valence-corrected chi connectivity index (χ1v) is 4.30. The van der Waals surface area contributed by atoms with Crippen LogP contribution >= 0.6 is 12.6 Å². The van der Waals surface area contributed by atoms with E-state index in [1.165, 1.54) is 0 Å². The number of rotatable bonds is 2. The second-order valence-electron chi connectivity index (χ2n) is 3.08. The number of thiol groups is 1. The van der Waals surface area contributed by atoms with Crippen molar-refractivity contribution >= 4 is 17.7 Å². The van der Waals surface area contributed by atoms with Gasteiger partial charge >= 0.3 is 0 Å². The summed E-state index contributed by atoms with van der Waals surface area (Å²) in [6.45, 7) is 4.04. The third-order valence-corrected chi connectivity index (χ3v) is 2.23. The van der Waals surface area contributed by atoms with Crippen LogP contribution in [0.4, 0.5) is 0 Å². The fraction of sp³-hybridized carbons (Fsp3) is 0.667. The van der Waals surface area contributed by atoms with Crippen molar-refractivity contribution < 1.29 is 4.79 Å². The van der Waals surface area contributed by atoms with Gasteiger partial charge in [-0.25, -0.2) is 0 Å². The maximum absolute atomic E-state index is 10.5. The molecule has 12 heavy (non-hydrogen) atoms. The lowest BCUT2D eigenvalue weighted by Gasteiger charge is -2.29. The summed E-state index contributed by atoms with van der Waals surface area (Å²) in [5.41, 5.74) is -0.224. The van der Waals surface area contributed by atoms with Gasteiger partial charge in [0.05, 0.1) is 5.54 Å². The molecule has 0 fully saturated rings. The predicted octanol–water partition coefficient (Wildman–Crippen LogP) is 1.18. The van der Waals surface area contributed by atoms with E-state index in [9.17, 15) is 4.79 Å². The van der Waals surface area contributed by atoms with Crippen LogP contribution in [0, 0.1) is 11.8 Å². The first kappa shape index (κ1) is 11.5. The molecule has 0 aromatic rings. The molecule has 0 aliphatic heterocycles. The highest BCUT2D eigenvalue weighted by molar-refractivity contribution is 7.97. The van der Waals surface area contributed by atoms with Crippen molar-refractivity contribution in [2.24, 2.45) is 0 Å². The Morgan fingerprint density at radius 2 is 2.08 bits per heavy atom. The third kappa shape index (κ3) is 3.29. The quantitative estimate of drug-likeness (QED) is 0.515. The first-order chi connectivity index (χ1) is 5.42. The van der Waals surface area contributed by atoms with E-state index in [1.807, 2.05) is 32.8 Å². The fourth-order valence-electron chi connectivity index (χ4n) is 0.705. The molecule has 0 radical (unpaired) electrons. The Bertz CT molecular complexity index is 226. The Kier molecular flexibility index (Phi) is 4.36. The maximum Gasteiger partial charge on any atom is 0.259 e. The van der Waals surface area contributed by atoms with Gasteiger partial charge in [0.15, 0.2) is 0 Å². The highest BCUT2D eigenvalue weighted by atomic mass is 32.1. The van der Waals surface area contributed by atoms with Crippen LogP contribution in [-0.4, -0.2) is 29.6 Å². The smallest absolute Gasteiger partial charge is 0.259 e. The molecule has 2 nitrogen and oxygen atoms in total. The Labute approximate surface area is 79.7 Å². The van der Waals surface area contributed by atoms with Crippen molar-refractivity contribution in [3.63, 3.8) is 0 Å². The van der Waals surface area contributed by atoms with Crippen LogP contribution in [0.3, 0.4) is 0 Å². The molecule has 0 N–H and O–H groups in total. The summed E-state index contributed by atoms with van der Waals surface area (Å²) in [7, 11) is 3.89. The molecule has 0 saturated heterocycles. The Hall–Kier alpha value is -0.460. The monoisotopic (exact) mass is 185 g/mol. The Balaban J connectivity index is 4.58. The predicted molar refractivity (Wildman–Crippen MR) is 54.2 cm³/mol. The number of carbonyl (C=O) groups is 1. The van der Waals surface area contributed by atoms with E-state index in [2.05, 4.69) is 24.5 Å². The van der Waals surface area contributed by atoms with Crippen LogP contribution in [0.15, 0.2) is 0 Å². The number of hydrogen-bond donors (Lipinski definition) is 1. The summed E-state index contributed by atoms with van der Waals surface area (Å²) in [5.74, 6) is 5.35. The van der Waals surface area contributed by atoms with E-state index < -0.39 is 0 Å². The van der Waals surface area contributed by atoms with E-state index in [1.54, 1.807) is 0 Å². The molecule has 0 aliphatic carbocycles. The summed E-state index contributed by atoms with van der Waals surface area (Å²) in [6, 6.07) is 0. The molecule has 0 aliphatic rings. The minimum absolute atomic E-state index is 0.224. The molecule has 1 unspecified atom stereocenters. The van der Waals surface area contributed by atoms with E-state index >= 15 is 0 Å². The Morgan fingerprint density at radius 3 is 2.33 bits per heavy atom. The lowest BCUT2D eigenvalue weighted by Crippen LogP contribution is -2.39. The van der Waals surface area contributed by atoms with Gasteiger partial charge in [0.25, 0.3) is 5.12 Å². The van der Waals surface area contributed by atoms with E-state index in [4.69, 9.17) is 0 Å². The van der Waals surface area contributed by atoms with Gasteiger partial charge < -0.3 is 0 Å². The first-order valence-electron chi connectivity index (χ1n) is 3.86. The molecule has 0 aromatic carbocycles. The van der Waals surface area contributed by atoms with Crippen LogP contribution in [0.5, 0.6) is 0 Å². The molecular weight excluding hydrogens is 170 g/mol. The van der Waals surface area contributed by atoms with Gasteiger partial charge in [-0.3, -0.25) is 9.69 Å². The second-order valence-corrected chi connectivity index (χ2v) is 3.48. The SMILES string of the molecule is CCC(C)(C#CC(=O)S)N(C)C. The molecule has 0 bridgehead atoms. The molecule has 68 valence electrons. The number of hydrogen-bond acceptors (Lipinski definition) is 2. The maximum atomic E-state index is 10.5.